The zero-order chi connectivity index (χ0) is 18.9. The van der Waals surface area contributed by atoms with Crippen molar-refractivity contribution in [1.29, 1.82) is 0 Å². The zero-order valence-corrected chi connectivity index (χ0v) is 16.7. The van der Waals surface area contributed by atoms with Crippen LogP contribution in [0.3, 0.4) is 0 Å². The van der Waals surface area contributed by atoms with Crippen LogP contribution in [-0.2, 0) is 0 Å². The Morgan fingerprint density at radius 3 is 2.85 bits per heavy atom. The molecule has 0 radical (unpaired) electrons. The number of hydrogen-bond acceptors (Lipinski definition) is 3. The van der Waals surface area contributed by atoms with Gasteiger partial charge in [-0.3, -0.25) is 0 Å². The highest BCUT2D eigenvalue weighted by molar-refractivity contribution is 5.39. The Morgan fingerprint density at radius 1 is 1.38 bits per heavy atom. The van der Waals surface area contributed by atoms with E-state index in [2.05, 4.69) is 44.7 Å². The standard InChI is InChI=1S/C23H35NO2/c1-5-15(2)20-10-11-21-17(7-6-12-23(20,21)4)8-9-18-13-19(25)14-22(24-26)16(18)3/h8-9,15,19-22,25H,3,5-7,10-14H2,1-2,4H3/b17-8+,18-9-. The van der Waals surface area contributed by atoms with Gasteiger partial charge in [-0.25, -0.2) is 0 Å². The molecule has 144 valence electrons. The molecule has 0 aromatic carbocycles. The van der Waals surface area contributed by atoms with Crippen molar-refractivity contribution in [3.05, 3.63) is 40.4 Å². The van der Waals surface area contributed by atoms with Crippen molar-refractivity contribution in [2.75, 3.05) is 0 Å². The second kappa shape index (κ2) is 7.80. The SMILES string of the molecule is C=C1/C(=C\C=C2/CCCC3(C)C2CCC3C(C)CC)CC(O)CC1N=O. The first kappa shape index (κ1) is 19.5. The van der Waals surface area contributed by atoms with E-state index in [-0.39, 0.29) is 0 Å². The van der Waals surface area contributed by atoms with E-state index in [1.165, 1.54) is 38.5 Å². The van der Waals surface area contributed by atoms with Crippen molar-refractivity contribution in [2.45, 2.75) is 84.3 Å². The summed E-state index contributed by atoms with van der Waals surface area (Å²) in [6, 6.07) is -0.471. The average Bonchev–Trinajstić information content (AvgIpc) is 2.98. The smallest absolute Gasteiger partial charge is 0.119 e. The van der Waals surface area contributed by atoms with Crippen LogP contribution < -0.4 is 0 Å². The molecule has 3 fully saturated rings. The van der Waals surface area contributed by atoms with Gasteiger partial charge in [-0.1, -0.05) is 56.7 Å². The summed E-state index contributed by atoms with van der Waals surface area (Å²) in [6.07, 6.45) is 12.7. The van der Waals surface area contributed by atoms with Crippen molar-refractivity contribution in [1.82, 2.24) is 0 Å². The minimum atomic E-state index is -0.481. The molecule has 0 aromatic rings. The molecule has 26 heavy (non-hydrogen) atoms. The molecule has 0 bridgehead atoms. The van der Waals surface area contributed by atoms with Gasteiger partial charge in [0.1, 0.15) is 6.04 Å². The molecule has 6 unspecified atom stereocenters. The highest BCUT2D eigenvalue weighted by Crippen LogP contribution is 2.59. The first-order valence-electron chi connectivity index (χ1n) is 10.5. The van der Waals surface area contributed by atoms with Crippen molar-refractivity contribution < 1.29 is 5.11 Å². The van der Waals surface area contributed by atoms with Crippen LogP contribution in [0, 0.1) is 28.1 Å². The van der Waals surface area contributed by atoms with E-state index in [1.807, 2.05) is 0 Å². The lowest BCUT2D eigenvalue weighted by Gasteiger charge is -2.44. The van der Waals surface area contributed by atoms with Crippen LogP contribution >= 0.6 is 0 Å². The van der Waals surface area contributed by atoms with E-state index >= 15 is 0 Å². The molecule has 0 aromatic heterocycles. The molecule has 6 atom stereocenters. The van der Waals surface area contributed by atoms with Gasteiger partial charge < -0.3 is 5.11 Å². The van der Waals surface area contributed by atoms with Gasteiger partial charge in [-0.15, -0.1) is 0 Å². The van der Waals surface area contributed by atoms with Crippen LogP contribution in [0.25, 0.3) is 0 Å². The number of nitrogens with zero attached hydrogens (tertiary/aromatic N) is 1. The monoisotopic (exact) mass is 357 g/mol. The number of hydrogen-bond donors (Lipinski definition) is 1. The van der Waals surface area contributed by atoms with Gasteiger partial charge in [0.2, 0.25) is 0 Å². The van der Waals surface area contributed by atoms with Crippen LogP contribution in [0.4, 0.5) is 0 Å². The summed E-state index contributed by atoms with van der Waals surface area (Å²) in [4.78, 5) is 11.0. The number of nitroso groups, excluding NO2 is 1. The maximum atomic E-state index is 11.0. The lowest BCUT2D eigenvalue weighted by atomic mass is 9.61. The molecule has 0 saturated heterocycles. The van der Waals surface area contributed by atoms with E-state index in [4.69, 9.17) is 0 Å². The van der Waals surface area contributed by atoms with Gasteiger partial charge in [0.25, 0.3) is 0 Å². The Morgan fingerprint density at radius 2 is 2.15 bits per heavy atom. The number of aliphatic hydroxyl groups is 1. The number of aliphatic hydroxyl groups excluding tert-OH is 1. The van der Waals surface area contributed by atoms with Crippen molar-refractivity contribution in [2.24, 2.45) is 28.3 Å². The molecule has 0 spiro atoms. The van der Waals surface area contributed by atoms with Crippen molar-refractivity contribution in [3.8, 4) is 0 Å². The van der Waals surface area contributed by atoms with Crippen molar-refractivity contribution in [3.63, 3.8) is 0 Å². The van der Waals surface area contributed by atoms with E-state index in [0.29, 0.717) is 24.2 Å². The van der Waals surface area contributed by atoms with E-state index in [1.54, 1.807) is 5.57 Å². The molecule has 3 aliphatic rings. The summed E-state index contributed by atoms with van der Waals surface area (Å²) in [5, 5.41) is 13.2. The number of rotatable bonds is 4. The quantitative estimate of drug-likeness (QED) is 0.632. The molecule has 3 saturated carbocycles. The van der Waals surface area contributed by atoms with Gasteiger partial charge in [0, 0.05) is 6.42 Å². The Labute approximate surface area is 158 Å². The summed E-state index contributed by atoms with van der Waals surface area (Å²) in [5.41, 5.74) is 3.81. The third-order valence-corrected chi connectivity index (χ3v) is 7.76. The molecular weight excluding hydrogens is 322 g/mol. The molecule has 0 amide bonds. The third kappa shape index (κ3) is 3.47. The third-order valence-electron chi connectivity index (χ3n) is 7.76. The molecule has 3 aliphatic carbocycles. The van der Waals surface area contributed by atoms with Gasteiger partial charge in [0.05, 0.1) is 6.10 Å². The zero-order valence-electron chi connectivity index (χ0n) is 16.7. The summed E-state index contributed by atoms with van der Waals surface area (Å²) in [7, 11) is 0. The molecule has 0 heterocycles. The van der Waals surface area contributed by atoms with Gasteiger partial charge in [0.15, 0.2) is 0 Å². The highest BCUT2D eigenvalue weighted by atomic mass is 16.3. The predicted molar refractivity (Wildman–Crippen MR) is 108 cm³/mol. The van der Waals surface area contributed by atoms with Crippen LogP contribution in [0.1, 0.15) is 72.1 Å². The van der Waals surface area contributed by atoms with Gasteiger partial charge in [-0.2, -0.15) is 4.91 Å². The van der Waals surface area contributed by atoms with Crippen molar-refractivity contribution >= 4 is 0 Å². The van der Waals surface area contributed by atoms with Crippen LogP contribution in [0.2, 0.25) is 0 Å². The van der Waals surface area contributed by atoms with Crippen LogP contribution in [0.5, 0.6) is 0 Å². The summed E-state index contributed by atoms with van der Waals surface area (Å²) in [5.74, 6) is 2.33. The summed E-state index contributed by atoms with van der Waals surface area (Å²) < 4.78 is 0. The van der Waals surface area contributed by atoms with Crippen LogP contribution in [-0.4, -0.2) is 17.3 Å². The van der Waals surface area contributed by atoms with E-state index in [0.717, 1.165) is 23.0 Å². The second-order valence-electron chi connectivity index (χ2n) is 9.15. The lowest BCUT2D eigenvalue weighted by Crippen LogP contribution is -2.35. The molecule has 0 aliphatic heterocycles. The summed E-state index contributed by atoms with van der Waals surface area (Å²) >= 11 is 0. The Kier molecular flexibility index (Phi) is 5.86. The minimum absolute atomic E-state index is 0.410. The maximum absolute atomic E-state index is 11.0. The Bertz CT molecular complexity index is 620. The molecule has 3 rings (SSSR count). The topological polar surface area (TPSA) is 49.7 Å². The first-order chi connectivity index (χ1) is 12.4. The number of allylic oxidation sites excluding steroid dienone is 3. The van der Waals surface area contributed by atoms with Gasteiger partial charge in [-0.05, 0) is 72.8 Å². The Hall–Kier alpha value is -1.22. The normalized spacial score (nSPS) is 42.1. The molecular formula is C23H35NO2. The fourth-order valence-electron chi connectivity index (χ4n) is 6.07. The molecule has 3 heteroatoms. The first-order valence-corrected chi connectivity index (χ1v) is 10.5. The minimum Gasteiger partial charge on any atom is -0.393 e. The van der Waals surface area contributed by atoms with Gasteiger partial charge >= 0.3 is 0 Å². The van der Waals surface area contributed by atoms with Crippen LogP contribution in [0.15, 0.2) is 40.6 Å². The molecule has 3 nitrogen and oxygen atoms in total. The fraction of sp³-hybridized carbons (Fsp3) is 0.739. The predicted octanol–water partition coefficient (Wildman–Crippen LogP) is 5.95. The largest absolute Gasteiger partial charge is 0.393 e. The summed E-state index contributed by atoms with van der Waals surface area (Å²) in [6.45, 7) is 11.3. The fourth-order valence-corrected chi connectivity index (χ4v) is 6.07. The van der Waals surface area contributed by atoms with E-state index in [9.17, 15) is 10.0 Å². The Balaban J connectivity index is 1.83. The average molecular weight is 358 g/mol. The number of fused-ring (bicyclic) bond motifs is 1. The highest BCUT2D eigenvalue weighted by Gasteiger charge is 2.50. The van der Waals surface area contributed by atoms with E-state index < -0.39 is 12.1 Å². The second-order valence-corrected chi connectivity index (χ2v) is 9.15. The maximum Gasteiger partial charge on any atom is 0.119 e. The molecule has 1 N–H and O–H groups in total. The lowest BCUT2D eigenvalue weighted by molar-refractivity contribution is 0.0961.